The Morgan fingerprint density at radius 2 is 1.57 bits per heavy atom. The van der Waals surface area contributed by atoms with Crippen LogP contribution in [0.5, 0.6) is 0 Å². The molecule has 0 bridgehead atoms. The molecule has 0 N–H and O–H groups in total. The van der Waals surface area contributed by atoms with Crippen LogP contribution in [0.25, 0.3) is 0 Å². The topological polar surface area (TPSA) is 0 Å². The Balaban J connectivity index is -0.0000000800. The van der Waals surface area contributed by atoms with Crippen LogP contribution >= 0.6 is 0 Å². The molecule has 0 nitrogen and oxygen atoms in total. The summed E-state index contributed by atoms with van der Waals surface area (Å²) in [6.45, 7) is 8.93. The molecule has 0 spiro atoms. The molecule has 0 rings (SSSR count). The Morgan fingerprint density at radius 3 is 1.57 bits per heavy atom. The Morgan fingerprint density at radius 1 is 1.43 bits per heavy atom. The highest BCUT2D eigenvalue weighted by Gasteiger charge is 1.59. The normalized spacial score (nSPS) is 4.71. The maximum Gasteiger partial charge on any atom is 0 e. The number of hydrogen-bond donors (Lipinski definition) is 0. The summed E-state index contributed by atoms with van der Waals surface area (Å²) in [5.41, 5.74) is 1.02. The van der Waals surface area contributed by atoms with Gasteiger partial charge in [0.05, 0.1) is 0 Å². The molecule has 0 heteroatoms. The first-order valence-electron chi connectivity index (χ1n) is 1.55. The van der Waals surface area contributed by atoms with Gasteiger partial charge in [-0.25, -0.2) is 0 Å². The summed E-state index contributed by atoms with van der Waals surface area (Å²) >= 11 is 0. The summed E-state index contributed by atoms with van der Waals surface area (Å²) in [6, 6.07) is 0. The van der Waals surface area contributed by atoms with Crippen molar-refractivity contribution >= 4 is 0 Å². The van der Waals surface area contributed by atoms with Gasteiger partial charge in [0, 0.05) is 14.9 Å². The van der Waals surface area contributed by atoms with Crippen LogP contribution in [0.4, 0.5) is 0 Å². The van der Waals surface area contributed by atoms with E-state index >= 15 is 0 Å². The van der Waals surface area contributed by atoms with Crippen molar-refractivity contribution < 1.29 is 0 Å². The number of rotatable bonds is 1. The predicted octanol–water partition coefficient (Wildman–Crippen LogP) is 1.91. The van der Waals surface area contributed by atoms with Crippen molar-refractivity contribution in [2.24, 2.45) is 0 Å². The molecular formula is C7H8. The van der Waals surface area contributed by atoms with E-state index in [2.05, 4.69) is 13.2 Å². The van der Waals surface area contributed by atoms with Crippen LogP contribution in [0.1, 0.15) is 6.92 Å². The van der Waals surface area contributed by atoms with Gasteiger partial charge in [0.2, 0.25) is 0 Å². The van der Waals surface area contributed by atoms with E-state index < -0.39 is 0 Å². The molecule has 0 aliphatic carbocycles. The van der Waals surface area contributed by atoms with E-state index in [9.17, 15) is 0 Å². The largest absolute Gasteiger partial charge is 0.0988 e. The SMILES string of the molecule is C=CC(=C)C.[C].[C]. The van der Waals surface area contributed by atoms with E-state index in [1.54, 1.807) is 6.08 Å². The highest BCUT2D eigenvalue weighted by atomic mass is 13.7. The van der Waals surface area contributed by atoms with Gasteiger partial charge in [-0.05, 0) is 6.92 Å². The smallest absolute Gasteiger partial charge is 0 e. The van der Waals surface area contributed by atoms with Gasteiger partial charge in [0.15, 0.2) is 0 Å². The first-order valence-corrected chi connectivity index (χ1v) is 1.55. The lowest BCUT2D eigenvalue weighted by Gasteiger charge is -1.71. The zero-order chi connectivity index (χ0) is 4.28. The third-order valence-corrected chi connectivity index (χ3v) is 0.348. The summed E-state index contributed by atoms with van der Waals surface area (Å²) in [4.78, 5) is 0. The molecule has 0 aromatic heterocycles. The fourth-order valence-electron chi connectivity index (χ4n) is 0. The fraction of sp³-hybridized carbons (Fsp3) is 0.143. The van der Waals surface area contributed by atoms with Gasteiger partial charge in [-0.1, -0.05) is 24.8 Å². The highest BCUT2D eigenvalue weighted by molar-refractivity contribution is 5.05. The molecule has 0 amide bonds. The molecule has 0 unspecified atom stereocenters. The quantitative estimate of drug-likeness (QED) is 0.433. The predicted molar refractivity (Wildman–Crippen MR) is 31.5 cm³/mol. The Labute approximate surface area is 47.6 Å². The molecular weight excluding hydrogens is 84.1 g/mol. The molecule has 0 atom stereocenters. The van der Waals surface area contributed by atoms with Crippen molar-refractivity contribution in [2.75, 3.05) is 0 Å². The van der Waals surface area contributed by atoms with Gasteiger partial charge >= 0.3 is 0 Å². The molecule has 0 aliphatic heterocycles. The minimum atomic E-state index is 0. The second-order valence-electron chi connectivity index (χ2n) is 1.05. The van der Waals surface area contributed by atoms with Crippen molar-refractivity contribution in [1.29, 1.82) is 0 Å². The van der Waals surface area contributed by atoms with Crippen LogP contribution in [-0.2, 0) is 0 Å². The number of allylic oxidation sites excluding steroid dienone is 2. The van der Waals surface area contributed by atoms with Crippen molar-refractivity contribution in [3.63, 3.8) is 0 Å². The van der Waals surface area contributed by atoms with Crippen LogP contribution in [0.15, 0.2) is 24.8 Å². The lowest BCUT2D eigenvalue weighted by Crippen LogP contribution is -1.50. The highest BCUT2D eigenvalue weighted by Crippen LogP contribution is 1.81. The summed E-state index contributed by atoms with van der Waals surface area (Å²) in [5, 5.41) is 0. The third-order valence-electron chi connectivity index (χ3n) is 0.348. The van der Waals surface area contributed by atoms with Gasteiger partial charge < -0.3 is 0 Å². The molecule has 0 saturated heterocycles. The summed E-state index contributed by atoms with van der Waals surface area (Å²) in [7, 11) is 0. The first kappa shape index (κ1) is 16.1. The van der Waals surface area contributed by atoms with Gasteiger partial charge in [-0.15, -0.1) is 0 Å². The maximum atomic E-state index is 3.56. The van der Waals surface area contributed by atoms with E-state index in [4.69, 9.17) is 0 Å². The molecule has 0 saturated carbocycles. The average molecular weight is 92.1 g/mol. The van der Waals surface area contributed by atoms with E-state index in [1.165, 1.54) is 0 Å². The van der Waals surface area contributed by atoms with E-state index in [0.29, 0.717) is 0 Å². The Bertz CT molecular complexity index is 51.1. The summed E-state index contributed by atoms with van der Waals surface area (Å²) in [6.07, 6.45) is 1.72. The average Bonchev–Trinajstić information content (AvgIpc) is 1.38. The van der Waals surface area contributed by atoms with Crippen LogP contribution < -0.4 is 0 Å². The second-order valence-corrected chi connectivity index (χ2v) is 1.05. The van der Waals surface area contributed by atoms with Gasteiger partial charge in [0.25, 0.3) is 0 Å². The first-order chi connectivity index (χ1) is 2.27. The maximum absolute atomic E-state index is 3.56. The Kier molecular flexibility index (Phi) is 20.8. The van der Waals surface area contributed by atoms with Gasteiger partial charge in [-0.3, -0.25) is 0 Å². The van der Waals surface area contributed by atoms with Crippen LogP contribution in [0.3, 0.4) is 0 Å². The Hall–Kier alpha value is -0.520. The molecule has 0 aromatic rings. The lowest BCUT2D eigenvalue weighted by molar-refractivity contribution is 1.58. The van der Waals surface area contributed by atoms with E-state index in [-0.39, 0.29) is 14.9 Å². The van der Waals surface area contributed by atoms with Crippen LogP contribution in [0.2, 0.25) is 0 Å². The minimum Gasteiger partial charge on any atom is -0.0988 e. The van der Waals surface area contributed by atoms with Crippen molar-refractivity contribution in [1.82, 2.24) is 0 Å². The number of hydrogen-bond acceptors (Lipinski definition) is 0. The molecule has 0 fully saturated rings. The van der Waals surface area contributed by atoms with Crippen LogP contribution in [-0.4, -0.2) is 0 Å². The van der Waals surface area contributed by atoms with Crippen molar-refractivity contribution in [3.8, 4) is 0 Å². The molecule has 0 aliphatic rings. The lowest BCUT2D eigenvalue weighted by atomic mass is 10.4. The van der Waals surface area contributed by atoms with Crippen molar-refractivity contribution in [3.05, 3.63) is 39.7 Å². The third kappa shape index (κ3) is 30.3. The summed E-state index contributed by atoms with van der Waals surface area (Å²) < 4.78 is 0. The molecule has 7 heavy (non-hydrogen) atoms. The molecule has 0 aromatic carbocycles. The van der Waals surface area contributed by atoms with Crippen LogP contribution in [0, 0.1) is 14.9 Å². The zero-order valence-corrected chi connectivity index (χ0v) is 4.49. The van der Waals surface area contributed by atoms with E-state index in [0.717, 1.165) is 5.57 Å². The zero-order valence-electron chi connectivity index (χ0n) is 4.49. The van der Waals surface area contributed by atoms with Gasteiger partial charge in [-0.2, -0.15) is 0 Å². The summed E-state index contributed by atoms with van der Waals surface area (Å²) in [5.74, 6) is 0. The van der Waals surface area contributed by atoms with Crippen molar-refractivity contribution in [2.45, 2.75) is 6.92 Å². The fourth-order valence-corrected chi connectivity index (χ4v) is 0. The van der Waals surface area contributed by atoms with Gasteiger partial charge in [0.1, 0.15) is 0 Å². The second kappa shape index (κ2) is 9.08. The molecule has 36 valence electrons. The van der Waals surface area contributed by atoms with E-state index in [1.807, 2.05) is 6.92 Å². The minimum absolute atomic E-state index is 0. The monoisotopic (exact) mass is 92.1 g/mol. The molecule has 8 radical (unpaired) electrons. The standard InChI is InChI=1S/C5H8.2C/c1-4-5(2)3;;/h4H,1-2H2,3H3;;. The molecule has 0 heterocycles.